The Morgan fingerprint density at radius 1 is 1.29 bits per heavy atom. The third-order valence-electron chi connectivity index (χ3n) is 3.71. The molecule has 0 amide bonds. The van der Waals surface area contributed by atoms with Gasteiger partial charge in [-0.3, -0.25) is 4.90 Å². The van der Waals surface area contributed by atoms with Crippen LogP contribution in [0.3, 0.4) is 0 Å². The summed E-state index contributed by atoms with van der Waals surface area (Å²) in [5.74, 6) is 0.954. The van der Waals surface area contributed by atoms with Crippen molar-refractivity contribution in [2.24, 2.45) is 11.3 Å². The number of hydrogen-bond acceptors (Lipinski definition) is 2. The highest BCUT2D eigenvalue weighted by Gasteiger charge is 2.37. The van der Waals surface area contributed by atoms with Crippen molar-refractivity contribution >= 4 is 0 Å². The summed E-state index contributed by atoms with van der Waals surface area (Å²) in [4.78, 5) is 2.70. The Morgan fingerprint density at radius 3 is 2.79 bits per heavy atom. The van der Waals surface area contributed by atoms with Crippen molar-refractivity contribution in [3.63, 3.8) is 0 Å². The van der Waals surface area contributed by atoms with E-state index in [0.29, 0.717) is 5.41 Å². The lowest BCUT2D eigenvalue weighted by Crippen LogP contribution is -2.36. The van der Waals surface area contributed by atoms with E-state index >= 15 is 0 Å². The van der Waals surface area contributed by atoms with Gasteiger partial charge in [0.15, 0.2) is 0 Å². The van der Waals surface area contributed by atoms with Gasteiger partial charge in [-0.05, 0) is 43.8 Å². The first kappa shape index (κ1) is 10.4. The second-order valence-electron chi connectivity index (χ2n) is 6.12. The van der Waals surface area contributed by atoms with E-state index in [2.05, 4.69) is 31.0 Å². The summed E-state index contributed by atoms with van der Waals surface area (Å²) >= 11 is 0. The maximum atomic E-state index is 3.51. The molecule has 0 bridgehead atoms. The average molecular weight is 196 g/mol. The van der Waals surface area contributed by atoms with Gasteiger partial charge >= 0.3 is 0 Å². The molecule has 0 aromatic heterocycles. The molecular formula is C12H24N2. The summed E-state index contributed by atoms with van der Waals surface area (Å²) in [7, 11) is 0. The van der Waals surface area contributed by atoms with Crippen molar-refractivity contribution in [2.75, 3.05) is 26.2 Å². The second kappa shape index (κ2) is 3.82. The number of rotatable bonds is 2. The molecule has 0 saturated carbocycles. The van der Waals surface area contributed by atoms with Crippen LogP contribution in [0.15, 0.2) is 0 Å². The third kappa shape index (κ3) is 2.29. The SMILES string of the molecule is CC(C)(C)CCN1CC[C@@H]2CNC[C@@H]21. The molecule has 0 radical (unpaired) electrons. The molecule has 0 spiro atoms. The van der Waals surface area contributed by atoms with Gasteiger partial charge in [0.25, 0.3) is 0 Å². The number of fused-ring (bicyclic) bond motifs is 1. The van der Waals surface area contributed by atoms with Gasteiger partial charge in [0.05, 0.1) is 0 Å². The van der Waals surface area contributed by atoms with Crippen molar-refractivity contribution in [3.05, 3.63) is 0 Å². The highest BCUT2D eigenvalue weighted by molar-refractivity contribution is 4.94. The molecule has 82 valence electrons. The van der Waals surface area contributed by atoms with Gasteiger partial charge in [-0.25, -0.2) is 0 Å². The zero-order chi connectivity index (χ0) is 10.2. The molecule has 2 heteroatoms. The molecule has 14 heavy (non-hydrogen) atoms. The van der Waals surface area contributed by atoms with Crippen molar-refractivity contribution in [2.45, 2.75) is 39.7 Å². The van der Waals surface area contributed by atoms with Crippen LogP contribution >= 0.6 is 0 Å². The van der Waals surface area contributed by atoms with Crippen LogP contribution in [0.4, 0.5) is 0 Å². The summed E-state index contributed by atoms with van der Waals surface area (Å²) in [5.41, 5.74) is 0.490. The summed E-state index contributed by atoms with van der Waals surface area (Å²) in [6.07, 6.45) is 2.75. The predicted octanol–water partition coefficient (Wildman–Crippen LogP) is 1.72. The molecule has 2 nitrogen and oxygen atoms in total. The van der Waals surface area contributed by atoms with Crippen molar-refractivity contribution in [1.82, 2.24) is 10.2 Å². The first-order valence-corrected chi connectivity index (χ1v) is 6.01. The lowest BCUT2D eigenvalue weighted by Gasteiger charge is -2.27. The third-order valence-corrected chi connectivity index (χ3v) is 3.71. The van der Waals surface area contributed by atoms with E-state index in [1.165, 1.54) is 39.0 Å². The summed E-state index contributed by atoms with van der Waals surface area (Å²) < 4.78 is 0. The fourth-order valence-electron chi connectivity index (χ4n) is 2.70. The number of hydrogen-bond donors (Lipinski definition) is 1. The van der Waals surface area contributed by atoms with E-state index in [0.717, 1.165) is 12.0 Å². The van der Waals surface area contributed by atoms with E-state index in [1.807, 2.05) is 0 Å². The summed E-state index contributed by atoms with van der Waals surface area (Å²) in [6.45, 7) is 12.2. The first-order valence-electron chi connectivity index (χ1n) is 6.01. The molecule has 2 heterocycles. The maximum absolute atomic E-state index is 3.51. The molecule has 2 saturated heterocycles. The fourth-order valence-corrected chi connectivity index (χ4v) is 2.70. The van der Waals surface area contributed by atoms with Gasteiger partial charge in [0.2, 0.25) is 0 Å². The van der Waals surface area contributed by atoms with Crippen LogP contribution < -0.4 is 5.32 Å². The summed E-state index contributed by atoms with van der Waals surface area (Å²) in [6, 6.07) is 0.859. The zero-order valence-corrected chi connectivity index (χ0v) is 9.84. The van der Waals surface area contributed by atoms with Crippen LogP contribution in [0.2, 0.25) is 0 Å². The minimum atomic E-state index is 0.490. The minimum Gasteiger partial charge on any atom is -0.315 e. The molecule has 2 aliphatic rings. The predicted molar refractivity (Wildman–Crippen MR) is 60.4 cm³/mol. The number of nitrogens with zero attached hydrogens (tertiary/aromatic N) is 1. The van der Waals surface area contributed by atoms with Gasteiger partial charge in [-0.1, -0.05) is 20.8 Å². The van der Waals surface area contributed by atoms with E-state index < -0.39 is 0 Å². The molecule has 0 aromatic rings. The van der Waals surface area contributed by atoms with Crippen LogP contribution in [0.25, 0.3) is 0 Å². The number of likely N-dealkylation sites (tertiary alicyclic amines) is 1. The first-order chi connectivity index (χ1) is 6.56. The highest BCUT2D eigenvalue weighted by Crippen LogP contribution is 2.29. The Balaban J connectivity index is 1.81. The normalized spacial score (nSPS) is 33.6. The zero-order valence-electron chi connectivity index (χ0n) is 9.84. The van der Waals surface area contributed by atoms with Gasteiger partial charge in [-0.2, -0.15) is 0 Å². The largest absolute Gasteiger partial charge is 0.315 e. The van der Waals surface area contributed by atoms with Gasteiger partial charge < -0.3 is 5.32 Å². The Kier molecular flexibility index (Phi) is 2.85. The van der Waals surface area contributed by atoms with Gasteiger partial charge in [0.1, 0.15) is 0 Å². The lowest BCUT2D eigenvalue weighted by atomic mass is 9.92. The van der Waals surface area contributed by atoms with Gasteiger partial charge in [-0.15, -0.1) is 0 Å². The Hall–Kier alpha value is -0.0800. The average Bonchev–Trinajstić information content (AvgIpc) is 2.59. The lowest BCUT2D eigenvalue weighted by molar-refractivity contribution is 0.212. The molecule has 0 unspecified atom stereocenters. The van der Waals surface area contributed by atoms with Crippen molar-refractivity contribution < 1.29 is 0 Å². The minimum absolute atomic E-state index is 0.490. The van der Waals surface area contributed by atoms with Crippen LogP contribution in [0.5, 0.6) is 0 Å². The van der Waals surface area contributed by atoms with E-state index in [9.17, 15) is 0 Å². The topological polar surface area (TPSA) is 15.3 Å². The van der Waals surface area contributed by atoms with Crippen LogP contribution in [-0.4, -0.2) is 37.1 Å². The van der Waals surface area contributed by atoms with Crippen LogP contribution in [0, 0.1) is 11.3 Å². The Morgan fingerprint density at radius 2 is 2.07 bits per heavy atom. The standard InChI is InChI=1S/C12H24N2/c1-12(2,3)5-7-14-6-4-10-8-13-9-11(10)14/h10-11,13H,4-9H2,1-3H3/t10-,11+/m1/s1. The smallest absolute Gasteiger partial charge is 0.0261 e. The molecule has 0 aliphatic carbocycles. The monoisotopic (exact) mass is 196 g/mol. The van der Waals surface area contributed by atoms with Crippen LogP contribution in [0.1, 0.15) is 33.6 Å². The Labute approximate surface area is 88.1 Å². The maximum Gasteiger partial charge on any atom is 0.0261 e. The van der Waals surface area contributed by atoms with E-state index in [4.69, 9.17) is 0 Å². The molecule has 0 aromatic carbocycles. The quantitative estimate of drug-likeness (QED) is 0.723. The molecule has 2 atom stereocenters. The summed E-state index contributed by atoms with van der Waals surface area (Å²) in [5, 5.41) is 3.51. The molecule has 2 rings (SSSR count). The molecule has 2 fully saturated rings. The second-order valence-corrected chi connectivity index (χ2v) is 6.12. The molecule has 1 N–H and O–H groups in total. The van der Waals surface area contributed by atoms with Crippen molar-refractivity contribution in [3.8, 4) is 0 Å². The number of nitrogens with one attached hydrogen (secondary N) is 1. The molecular weight excluding hydrogens is 172 g/mol. The highest BCUT2D eigenvalue weighted by atomic mass is 15.2. The Bertz CT molecular complexity index is 195. The van der Waals surface area contributed by atoms with Crippen LogP contribution in [-0.2, 0) is 0 Å². The molecule has 2 aliphatic heterocycles. The van der Waals surface area contributed by atoms with Gasteiger partial charge in [0, 0.05) is 12.6 Å². The van der Waals surface area contributed by atoms with E-state index in [-0.39, 0.29) is 0 Å². The van der Waals surface area contributed by atoms with Crippen molar-refractivity contribution in [1.29, 1.82) is 0 Å². The van der Waals surface area contributed by atoms with E-state index in [1.54, 1.807) is 0 Å². The fraction of sp³-hybridized carbons (Fsp3) is 1.00.